The van der Waals surface area contributed by atoms with E-state index in [1.807, 2.05) is 12.1 Å². The van der Waals surface area contributed by atoms with E-state index in [4.69, 9.17) is 8.83 Å². The highest BCUT2D eigenvalue weighted by Crippen LogP contribution is 2.62. The van der Waals surface area contributed by atoms with Crippen molar-refractivity contribution in [3.05, 3.63) is 302 Å². The first-order valence-electron chi connectivity index (χ1n) is 28.8. The molecular formula is C79H52N2O2. The van der Waals surface area contributed by atoms with Crippen LogP contribution in [0, 0.1) is 0 Å². The summed E-state index contributed by atoms with van der Waals surface area (Å²) in [6, 6.07) is 106. The maximum Gasteiger partial charge on any atom is 0.159 e. The maximum atomic E-state index is 6.74. The van der Waals surface area contributed by atoms with E-state index in [2.05, 4.69) is 289 Å². The first-order valence-corrected chi connectivity index (χ1v) is 28.8. The summed E-state index contributed by atoms with van der Waals surface area (Å²) in [7, 11) is 0. The highest BCUT2D eigenvalue weighted by molar-refractivity contribution is 6.13. The molecule has 0 atom stereocenters. The van der Waals surface area contributed by atoms with Crippen LogP contribution in [0.4, 0.5) is 34.1 Å². The molecule has 390 valence electrons. The lowest BCUT2D eigenvalue weighted by Gasteiger charge is -2.30. The predicted molar refractivity (Wildman–Crippen MR) is 345 cm³/mol. The highest BCUT2D eigenvalue weighted by Gasteiger charge is 2.50. The third kappa shape index (κ3) is 7.46. The first-order chi connectivity index (χ1) is 41.1. The minimum Gasteiger partial charge on any atom is -0.454 e. The highest BCUT2D eigenvalue weighted by atomic mass is 16.3. The lowest BCUT2D eigenvalue weighted by Crippen LogP contribution is -2.16. The summed E-state index contributed by atoms with van der Waals surface area (Å²) >= 11 is 0. The van der Waals surface area contributed by atoms with Crippen LogP contribution in [0.25, 0.3) is 110 Å². The Hall–Kier alpha value is -10.7. The third-order valence-corrected chi connectivity index (χ3v) is 17.7. The molecule has 15 aromatic rings. The van der Waals surface area contributed by atoms with Gasteiger partial charge in [0, 0.05) is 49.5 Å². The summed E-state index contributed by atoms with van der Waals surface area (Å²) in [4.78, 5) is 4.74. The summed E-state index contributed by atoms with van der Waals surface area (Å²) in [6.45, 7) is 0. The van der Waals surface area contributed by atoms with Crippen molar-refractivity contribution in [3.8, 4) is 55.6 Å². The van der Waals surface area contributed by atoms with Crippen molar-refractivity contribution in [1.29, 1.82) is 0 Å². The second-order valence-corrected chi connectivity index (χ2v) is 22.3. The topological polar surface area (TPSA) is 32.8 Å². The average molecular weight is 1060 g/mol. The maximum absolute atomic E-state index is 6.74. The van der Waals surface area contributed by atoms with Gasteiger partial charge in [0.2, 0.25) is 0 Å². The van der Waals surface area contributed by atoms with Crippen LogP contribution in [0.5, 0.6) is 0 Å². The van der Waals surface area contributed by atoms with Gasteiger partial charge in [0.05, 0.1) is 22.7 Å². The molecule has 1 fully saturated rings. The molecule has 0 unspecified atom stereocenters. The Balaban J connectivity index is 0.742. The van der Waals surface area contributed by atoms with Crippen LogP contribution in [-0.4, -0.2) is 0 Å². The van der Waals surface area contributed by atoms with E-state index >= 15 is 0 Å². The smallest absolute Gasteiger partial charge is 0.159 e. The molecule has 2 aliphatic carbocycles. The summed E-state index contributed by atoms with van der Waals surface area (Å²) in [5.41, 5.74) is 24.7. The van der Waals surface area contributed by atoms with Gasteiger partial charge in [-0.15, -0.1) is 0 Å². The van der Waals surface area contributed by atoms with E-state index in [-0.39, 0.29) is 5.41 Å². The van der Waals surface area contributed by atoms with Crippen molar-refractivity contribution in [2.24, 2.45) is 0 Å². The van der Waals surface area contributed by atoms with E-state index in [9.17, 15) is 0 Å². The van der Waals surface area contributed by atoms with Crippen molar-refractivity contribution in [2.75, 3.05) is 9.80 Å². The Kier molecular flexibility index (Phi) is 10.6. The largest absolute Gasteiger partial charge is 0.454 e. The second kappa shape index (κ2) is 18.7. The Bertz CT molecular complexity index is 5030. The lowest BCUT2D eigenvalue weighted by molar-refractivity contribution is 0.668. The van der Waals surface area contributed by atoms with Gasteiger partial charge in [-0.3, -0.25) is 0 Å². The van der Waals surface area contributed by atoms with Gasteiger partial charge in [0.25, 0.3) is 0 Å². The molecule has 2 aliphatic rings. The standard InChI is InChI=1S/C79H52N2O2/c1-3-18-52(19-4-1)59-22-7-11-30-70(59)80(72-32-16-28-66-62-24-9-13-34-74(62)82-77(66)72)56-41-36-51(37-42-56)55-40-45-61-65-27-15-26-64-58(46-47-68(76(64)65)79(48-49-79)69(61)50-55)54-38-43-57(44-39-54)81(71-31-12-8-23-60(71)53-20-5-2-6-21-53)73-33-17-29-67-63-25-10-14-35-75(63)83-78(67)73/h1-47,50H,48-49H2. The second-order valence-electron chi connectivity index (χ2n) is 22.3. The first kappa shape index (κ1) is 47.2. The molecule has 83 heavy (non-hydrogen) atoms. The minimum absolute atomic E-state index is 0.0339. The number of para-hydroxylation sites is 6. The molecule has 2 aromatic heterocycles. The fourth-order valence-electron chi connectivity index (χ4n) is 13.7. The summed E-state index contributed by atoms with van der Waals surface area (Å²) in [5, 5.41) is 7.08. The van der Waals surface area contributed by atoms with Gasteiger partial charge in [-0.1, -0.05) is 224 Å². The van der Waals surface area contributed by atoms with E-state index in [1.165, 1.54) is 55.3 Å². The predicted octanol–water partition coefficient (Wildman–Crippen LogP) is 22.3. The molecule has 4 nitrogen and oxygen atoms in total. The zero-order chi connectivity index (χ0) is 54.6. The van der Waals surface area contributed by atoms with Gasteiger partial charge < -0.3 is 18.6 Å². The molecule has 0 N–H and O–H groups in total. The molecule has 1 saturated carbocycles. The van der Waals surface area contributed by atoms with Crippen molar-refractivity contribution in [1.82, 2.24) is 0 Å². The molecular weight excluding hydrogens is 1010 g/mol. The molecule has 0 bridgehead atoms. The number of benzene rings is 13. The molecule has 2 heterocycles. The van der Waals surface area contributed by atoms with Crippen LogP contribution in [0.2, 0.25) is 0 Å². The number of nitrogens with zero attached hydrogens (tertiary/aromatic N) is 2. The summed E-state index contributed by atoms with van der Waals surface area (Å²) in [6.07, 6.45) is 2.25. The number of rotatable bonds is 10. The van der Waals surface area contributed by atoms with E-state index in [0.717, 1.165) is 113 Å². The van der Waals surface area contributed by atoms with Crippen LogP contribution < -0.4 is 9.80 Å². The number of hydrogen-bond donors (Lipinski definition) is 0. The van der Waals surface area contributed by atoms with E-state index in [0.29, 0.717) is 0 Å². The van der Waals surface area contributed by atoms with Crippen LogP contribution in [0.1, 0.15) is 24.0 Å². The van der Waals surface area contributed by atoms with Gasteiger partial charge >= 0.3 is 0 Å². The van der Waals surface area contributed by atoms with Gasteiger partial charge in [0.15, 0.2) is 11.2 Å². The van der Waals surface area contributed by atoms with Crippen LogP contribution >= 0.6 is 0 Å². The van der Waals surface area contributed by atoms with Crippen LogP contribution in [-0.2, 0) is 5.41 Å². The number of anilines is 6. The zero-order valence-corrected chi connectivity index (χ0v) is 45.3. The number of fused-ring (bicyclic) bond motifs is 10. The minimum atomic E-state index is -0.0339. The molecule has 0 saturated heterocycles. The van der Waals surface area contributed by atoms with E-state index < -0.39 is 0 Å². The van der Waals surface area contributed by atoms with Crippen molar-refractivity contribution < 1.29 is 8.83 Å². The Morgan fingerprint density at radius 2 is 0.687 bits per heavy atom. The molecule has 0 amide bonds. The SMILES string of the molecule is c1ccc(-c2ccccc2N(c2ccc(-c3ccc4c(c3)C3(CC3)c3ccc(-c5ccc(N(c6ccccc6-c6ccccc6)c6cccc7c6oc6ccccc67)cc5)c5cccc-4c35)cc2)c2cccc3c2oc2ccccc23)cc1. The third-order valence-electron chi connectivity index (χ3n) is 17.7. The quantitative estimate of drug-likeness (QED) is 0.137. The average Bonchev–Trinajstić information content (AvgIpc) is 2.43. The van der Waals surface area contributed by atoms with Gasteiger partial charge in [-0.25, -0.2) is 0 Å². The zero-order valence-electron chi connectivity index (χ0n) is 45.3. The van der Waals surface area contributed by atoms with Crippen molar-refractivity contribution in [2.45, 2.75) is 18.3 Å². The van der Waals surface area contributed by atoms with Crippen LogP contribution in [0.3, 0.4) is 0 Å². The Morgan fingerprint density at radius 3 is 1.25 bits per heavy atom. The monoisotopic (exact) mass is 1060 g/mol. The summed E-state index contributed by atoms with van der Waals surface area (Å²) < 4.78 is 13.5. The molecule has 1 spiro atoms. The van der Waals surface area contributed by atoms with E-state index in [1.54, 1.807) is 0 Å². The van der Waals surface area contributed by atoms with Crippen molar-refractivity contribution >= 4 is 88.8 Å². The fraction of sp³-hybridized carbons (Fsp3) is 0.0380. The Labute approximate surface area is 481 Å². The van der Waals surface area contributed by atoms with Crippen molar-refractivity contribution in [3.63, 3.8) is 0 Å². The fourth-order valence-corrected chi connectivity index (χ4v) is 13.7. The molecule has 13 aromatic carbocycles. The Morgan fingerprint density at radius 1 is 0.265 bits per heavy atom. The number of furan rings is 2. The number of hydrogen-bond acceptors (Lipinski definition) is 4. The van der Waals surface area contributed by atoms with Crippen LogP contribution in [0.15, 0.2) is 300 Å². The molecule has 4 heteroatoms. The molecule has 0 aliphatic heterocycles. The van der Waals surface area contributed by atoms with Gasteiger partial charge in [-0.05, 0) is 146 Å². The van der Waals surface area contributed by atoms with Gasteiger partial charge in [0.1, 0.15) is 11.2 Å². The lowest BCUT2D eigenvalue weighted by atomic mass is 9.73. The normalized spacial score (nSPS) is 13.1. The van der Waals surface area contributed by atoms with Gasteiger partial charge in [-0.2, -0.15) is 0 Å². The molecule has 17 rings (SSSR count). The summed E-state index contributed by atoms with van der Waals surface area (Å²) in [5.74, 6) is 0. The molecule has 0 radical (unpaired) electrons.